The number of aliphatic carboxylic acids is 1. The molecule has 0 amide bonds. The molecule has 0 aromatic rings. The number of hydrogen-bond acceptors (Lipinski definition) is 3. The van der Waals surface area contributed by atoms with Gasteiger partial charge in [-0.15, -0.1) is 0 Å². The van der Waals surface area contributed by atoms with Crippen molar-refractivity contribution >= 4 is 5.97 Å². The number of halogens is 3. The molecular weight excluding hydrogens is 251 g/mol. The van der Waals surface area contributed by atoms with Gasteiger partial charge in [-0.3, -0.25) is 4.79 Å². The smallest absolute Gasteiger partial charge is 0.403 e. The fourth-order valence-electron chi connectivity index (χ4n) is 2.39. The molecule has 0 aromatic heterocycles. The largest absolute Gasteiger partial charge is 0.481 e. The first-order valence-electron chi connectivity index (χ1n) is 5.84. The minimum atomic E-state index is -4.77. The number of rotatable bonds is 5. The van der Waals surface area contributed by atoms with Crippen molar-refractivity contribution in [3.8, 4) is 0 Å². The van der Waals surface area contributed by atoms with Gasteiger partial charge in [0, 0.05) is 13.1 Å². The lowest BCUT2D eigenvalue weighted by atomic mass is 10.0. The Morgan fingerprint density at radius 1 is 1.39 bits per heavy atom. The number of carboxylic acid groups (broad SMARTS) is 1. The lowest BCUT2D eigenvalue weighted by Crippen LogP contribution is -2.45. The summed E-state index contributed by atoms with van der Waals surface area (Å²) in [4.78, 5) is 11.8. The number of nitrogens with zero attached hydrogens (tertiary/aromatic N) is 1. The van der Waals surface area contributed by atoms with Crippen LogP contribution in [0.1, 0.15) is 25.7 Å². The van der Waals surface area contributed by atoms with Crippen LogP contribution in [0.2, 0.25) is 0 Å². The van der Waals surface area contributed by atoms with Gasteiger partial charge in [0.05, 0.1) is 5.60 Å². The molecule has 1 rings (SSSR count). The van der Waals surface area contributed by atoms with Crippen LogP contribution in [0.5, 0.6) is 0 Å². The van der Waals surface area contributed by atoms with Crippen molar-refractivity contribution in [2.24, 2.45) is 5.92 Å². The summed E-state index contributed by atoms with van der Waals surface area (Å²) in [6.45, 7) is -0.562. The Morgan fingerprint density at radius 2 is 1.89 bits per heavy atom. The highest BCUT2D eigenvalue weighted by Gasteiger charge is 2.46. The molecule has 1 aliphatic carbocycles. The van der Waals surface area contributed by atoms with Crippen LogP contribution in [0.25, 0.3) is 0 Å². The van der Waals surface area contributed by atoms with Gasteiger partial charge in [-0.1, -0.05) is 12.8 Å². The second-order valence-corrected chi connectivity index (χ2v) is 5.06. The van der Waals surface area contributed by atoms with Gasteiger partial charge in [0.15, 0.2) is 5.92 Å². The average molecular weight is 269 g/mol. The lowest BCUT2D eigenvalue weighted by Gasteiger charge is -2.30. The minimum absolute atomic E-state index is 0.0762. The average Bonchev–Trinajstić information content (AvgIpc) is 2.59. The predicted octanol–water partition coefficient (Wildman–Crippen LogP) is 1.49. The van der Waals surface area contributed by atoms with E-state index in [0.29, 0.717) is 12.8 Å². The first-order chi connectivity index (χ1) is 8.14. The van der Waals surface area contributed by atoms with Crippen molar-refractivity contribution in [3.63, 3.8) is 0 Å². The molecule has 1 saturated carbocycles. The summed E-state index contributed by atoms with van der Waals surface area (Å²) in [5, 5.41) is 18.6. The van der Waals surface area contributed by atoms with E-state index in [1.54, 1.807) is 0 Å². The topological polar surface area (TPSA) is 60.8 Å². The summed E-state index contributed by atoms with van der Waals surface area (Å²) < 4.78 is 37.4. The third kappa shape index (κ3) is 4.13. The highest BCUT2D eigenvalue weighted by atomic mass is 19.4. The normalized spacial score (nSPS) is 21.2. The Bertz CT molecular complexity index is 300. The van der Waals surface area contributed by atoms with Gasteiger partial charge in [0.1, 0.15) is 0 Å². The summed E-state index contributed by atoms with van der Waals surface area (Å²) in [5.74, 6) is -4.29. The molecular formula is C11H18F3NO3. The van der Waals surface area contributed by atoms with E-state index in [1.807, 2.05) is 0 Å². The molecule has 0 spiro atoms. The van der Waals surface area contributed by atoms with Crippen LogP contribution >= 0.6 is 0 Å². The monoisotopic (exact) mass is 269 g/mol. The number of carbonyl (C=O) groups is 1. The van der Waals surface area contributed by atoms with Crippen molar-refractivity contribution in [1.29, 1.82) is 0 Å². The molecule has 18 heavy (non-hydrogen) atoms. The van der Waals surface area contributed by atoms with Gasteiger partial charge in [-0.2, -0.15) is 13.2 Å². The number of alkyl halides is 3. The Hall–Kier alpha value is -0.820. The van der Waals surface area contributed by atoms with Crippen LogP contribution in [0, 0.1) is 5.92 Å². The van der Waals surface area contributed by atoms with Gasteiger partial charge in [0.2, 0.25) is 0 Å². The highest BCUT2D eigenvalue weighted by molar-refractivity contribution is 5.71. The summed E-state index contributed by atoms with van der Waals surface area (Å²) >= 11 is 0. The van der Waals surface area contributed by atoms with Crippen LogP contribution in [0.3, 0.4) is 0 Å². The Kier molecular flexibility index (Phi) is 4.61. The van der Waals surface area contributed by atoms with E-state index in [2.05, 4.69) is 0 Å². The molecule has 4 nitrogen and oxygen atoms in total. The molecule has 0 radical (unpaired) electrons. The second-order valence-electron chi connectivity index (χ2n) is 5.06. The van der Waals surface area contributed by atoms with E-state index in [4.69, 9.17) is 5.11 Å². The Labute approximate surface area is 103 Å². The number of likely N-dealkylation sites (N-methyl/N-ethyl adjacent to an activating group) is 1. The van der Waals surface area contributed by atoms with Crippen LogP contribution in [0.4, 0.5) is 13.2 Å². The van der Waals surface area contributed by atoms with Crippen LogP contribution < -0.4 is 0 Å². The molecule has 0 bridgehead atoms. The van der Waals surface area contributed by atoms with Crippen LogP contribution in [-0.2, 0) is 4.79 Å². The van der Waals surface area contributed by atoms with Crippen LogP contribution in [0.15, 0.2) is 0 Å². The number of hydrogen-bond donors (Lipinski definition) is 2. The minimum Gasteiger partial charge on any atom is -0.481 e. The Balaban J connectivity index is 2.56. The van der Waals surface area contributed by atoms with Gasteiger partial charge in [0.25, 0.3) is 0 Å². The molecule has 1 aliphatic rings. The maximum Gasteiger partial charge on any atom is 0.403 e. The Morgan fingerprint density at radius 3 is 2.28 bits per heavy atom. The second kappa shape index (κ2) is 5.44. The standard InChI is InChI=1S/C11H18F3NO3/c1-15(7-10(18)4-2-3-5-10)6-8(9(16)17)11(12,13)14/h8,18H,2-7H2,1H3,(H,16,17). The van der Waals surface area contributed by atoms with Gasteiger partial charge >= 0.3 is 12.1 Å². The summed E-state index contributed by atoms with van der Waals surface area (Å²) in [6.07, 6.45) is -1.95. The van der Waals surface area contributed by atoms with Gasteiger partial charge < -0.3 is 15.1 Å². The van der Waals surface area contributed by atoms with Gasteiger partial charge in [-0.25, -0.2) is 0 Å². The third-order valence-corrected chi connectivity index (χ3v) is 3.29. The molecule has 0 saturated heterocycles. The van der Waals surface area contributed by atoms with Crippen molar-refractivity contribution < 1.29 is 28.2 Å². The number of carboxylic acids is 1. The zero-order chi connectivity index (χ0) is 14.0. The zero-order valence-electron chi connectivity index (χ0n) is 10.2. The predicted molar refractivity (Wildman–Crippen MR) is 58.1 cm³/mol. The molecule has 0 heterocycles. The molecule has 1 atom stereocenters. The molecule has 7 heteroatoms. The van der Waals surface area contributed by atoms with E-state index in [0.717, 1.165) is 12.8 Å². The van der Waals surface area contributed by atoms with Crippen molar-refractivity contribution in [3.05, 3.63) is 0 Å². The van der Waals surface area contributed by atoms with Gasteiger partial charge in [-0.05, 0) is 19.9 Å². The fraction of sp³-hybridized carbons (Fsp3) is 0.909. The van der Waals surface area contributed by atoms with E-state index < -0.39 is 30.2 Å². The summed E-state index contributed by atoms with van der Waals surface area (Å²) in [5.41, 5.74) is -0.969. The van der Waals surface area contributed by atoms with E-state index in [1.165, 1.54) is 11.9 Å². The lowest BCUT2D eigenvalue weighted by molar-refractivity contribution is -0.197. The van der Waals surface area contributed by atoms with Crippen molar-refractivity contribution in [1.82, 2.24) is 4.90 Å². The fourth-order valence-corrected chi connectivity index (χ4v) is 2.39. The molecule has 0 aromatic carbocycles. The quantitative estimate of drug-likeness (QED) is 0.793. The molecule has 2 N–H and O–H groups in total. The zero-order valence-corrected chi connectivity index (χ0v) is 10.2. The maximum atomic E-state index is 12.5. The first-order valence-corrected chi connectivity index (χ1v) is 5.84. The summed E-state index contributed by atoms with van der Waals surface area (Å²) in [7, 11) is 1.40. The maximum absolute atomic E-state index is 12.5. The van der Waals surface area contributed by atoms with E-state index in [9.17, 15) is 23.1 Å². The molecule has 1 unspecified atom stereocenters. The first kappa shape index (κ1) is 15.2. The SMILES string of the molecule is CN(CC(C(=O)O)C(F)(F)F)CC1(O)CCCC1. The van der Waals surface area contributed by atoms with Crippen LogP contribution in [-0.4, -0.2) is 53.0 Å². The van der Waals surface area contributed by atoms with Crippen molar-refractivity contribution in [2.45, 2.75) is 37.5 Å². The van der Waals surface area contributed by atoms with E-state index >= 15 is 0 Å². The molecule has 106 valence electrons. The van der Waals surface area contributed by atoms with E-state index in [-0.39, 0.29) is 6.54 Å². The molecule has 0 aliphatic heterocycles. The third-order valence-electron chi connectivity index (χ3n) is 3.29. The number of aliphatic hydroxyl groups is 1. The molecule has 1 fully saturated rings. The van der Waals surface area contributed by atoms with Crippen molar-refractivity contribution in [2.75, 3.05) is 20.1 Å². The summed E-state index contributed by atoms with van der Waals surface area (Å²) in [6, 6.07) is 0. The highest BCUT2D eigenvalue weighted by Crippen LogP contribution is 2.31.